The molecule has 0 spiro atoms. The number of carboxylic acids is 1. The molecule has 0 saturated carbocycles. The monoisotopic (exact) mass is 358 g/mol. The Balaban J connectivity index is 2.16. The van der Waals surface area contributed by atoms with Gasteiger partial charge < -0.3 is 14.6 Å². The molecule has 1 N–H and O–H groups in total. The first kappa shape index (κ1) is 18.6. The number of benzene rings is 2. The van der Waals surface area contributed by atoms with Gasteiger partial charge >= 0.3 is 5.97 Å². The molecule has 0 radical (unpaired) electrons. The lowest BCUT2D eigenvalue weighted by Crippen LogP contribution is -2.04. The SMILES string of the molecule is COC=C(C(=O)O)c1ccccc1CSC(=O)c1ccc(OC)cc1. The van der Waals surface area contributed by atoms with Gasteiger partial charge in [0.2, 0.25) is 5.12 Å². The van der Waals surface area contributed by atoms with Crippen LogP contribution < -0.4 is 4.74 Å². The van der Waals surface area contributed by atoms with Crippen LogP contribution in [-0.4, -0.2) is 30.4 Å². The second-order valence-corrected chi connectivity index (χ2v) is 5.98. The number of methoxy groups -OCH3 is 2. The van der Waals surface area contributed by atoms with E-state index in [0.717, 1.165) is 17.3 Å². The summed E-state index contributed by atoms with van der Waals surface area (Å²) in [4.78, 5) is 23.8. The number of ether oxygens (including phenoxy) is 2. The molecule has 0 bridgehead atoms. The van der Waals surface area contributed by atoms with Crippen LogP contribution in [0.4, 0.5) is 0 Å². The van der Waals surface area contributed by atoms with E-state index in [9.17, 15) is 14.7 Å². The van der Waals surface area contributed by atoms with Crippen LogP contribution in [0.25, 0.3) is 5.57 Å². The van der Waals surface area contributed by atoms with Gasteiger partial charge in [-0.15, -0.1) is 0 Å². The summed E-state index contributed by atoms with van der Waals surface area (Å²) < 4.78 is 9.94. The lowest BCUT2D eigenvalue weighted by molar-refractivity contribution is -0.130. The van der Waals surface area contributed by atoms with Crippen LogP contribution in [0.1, 0.15) is 21.5 Å². The lowest BCUT2D eigenvalue weighted by Gasteiger charge is -2.10. The summed E-state index contributed by atoms with van der Waals surface area (Å²) in [5.74, 6) is -0.0430. The van der Waals surface area contributed by atoms with E-state index in [0.29, 0.717) is 22.6 Å². The van der Waals surface area contributed by atoms with Gasteiger partial charge in [-0.25, -0.2) is 4.79 Å². The minimum atomic E-state index is -1.08. The Kier molecular flexibility index (Phi) is 6.65. The molecule has 0 unspecified atom stereocenters. The van der Waals surface area contributed by atoms with Crippen molar-refractivity contribution in [1.82, 2.24) is 0 Å². The Morgan fingerprint density at radius 2 is 1.76 bits per heavy atom. The van der Waals surface area contributed by atoms with E-state index < -0.39 is 5.97 Å². The Hall–Kier alpha value is -2.73. The van der Waals surface area contributed by atoms with Gasteiger partial charge in [0.1, 0.15) is 11.3 Å². The second kappa shape index (κ2) is 8.94. The van der Waals surface area contributed by atoms with Gasteiger partial charge in [-0.2, -0.15) is 0 Å². The van der Waals surface area contributed by atoms with Crippen LogP contribution >= 0.6 is 11.8 Å². The molecule has 0 aliphatic rings. The molecule has 25 heavy (non-hydrogen) atoms. The fraction of sp³-hybridized carbons (Fsp3) is 0.158. The highest BCUT2D eigenvalue weighted by atomic mass is 32.2. The molecule has 0 heterocycles. The zero-order chi connectivity index (χ0) is 18.2. The van der Waals surface area contributed by atoms with Crippen molar-refractivity contribution in [1.29, 1.82) is 0 Å². The molecule has 0 aliphatic heterocycles. The largest absolute Gasteiger partial charge is 0.503 e. The van der Waals surface area contributed by atoms with Gasteiger partial charge in [-0.05, 0) is 35.4 Å². The summed E-state index contributed by atoms with van der Waals surface area (Å²) >= 11 is 1.12. The van der Waals surface area contributed by atoms with E-state index in [2.05, 4.69) is 0 Å². The molecule has 0 saturated heterocycles. The maximum absolute atomic E-state index is 12.3. The highest BCUT2D eigenvalue weighted by molar-refractivity contribution is 8.13. The number of carboxylic acid groups (broad SMARTS) is 1. The van der Waals surface area contributed by atoms with Crippen molar-refractivity contribution in [3.05, 3.63) is 71.5 Å². The molecule has 0 aliphatic carbocycles. The average Bonchev–Trinajstić information content (AvgIpc) is 2.64. The van der Waals surface area contributed by atoms with Gasteiger partial charge in [0.15, 0.2) is 0 Å². The fourth-order valence-electron chi connectivity index (χ4n) is 2.21. The first-order valence-corrected chi connectivity index (χ1v) is 8.41. The smallest absolute Gasteiger partial charge is 0.339 e. The molecule has 130 valence electrons. The summed E-state index contributed by atoms with van der Waals surface area (Å²) in [5, 5.41) is 9.26. The van der Waals surface area contributed by atoms with Crippen molar-refractivity contribution in [2.75, 3.05) is 14.2 Å². The Morgan fingerprint density at radius 3 is 2.36 bits per heavy atom. The summed E-state index contributed by atoms with van der Waals surface area (Å²) in [7, 11) is 2.96. The van der Waals surface area contributed by atoms with Crippen LogP contribution in [0.3, 0.4) is 0 Å². The zero-order valence-electron chi connectivity index (χ0n) is 13.9. The lowest BCUT2D eigenvalue weighted by atomic mass is 10.0. The number of carbonyl (C=O) groups excluding carboxylic acids is 1. The second-order valence-electron chi connectivity index (χ2n) is 5.03. The molecule has 5 nitrogen and oxygen atoms in total. The third kappa shape index (κ3) is 4.87. The summed E-state index contributed by atoms with van der Waals surface area (Å²) in [6.45, 7) is 0. The molecular weight excluding hydrogens is 340 g/mol. The predicted molar refractivity (Wildman–Crippen MR) is 97.7 cm³/mol. The Morgan fingerprint density at radius 1 is 1.08 bits per heavy atom. The van der Waals surface area contributed by atoms with Gasteiger partial charge in [-0.1, -0.05) is 36.0 Å². The standard InChI is InChI=1S/C19H18O5S/c1-23-11-17(18(20)21)16-6-4-3-5-14(16)12-25-19(22)13-7-9-15(24-2)10-8-13/h3-11H,12H2,1-2H3,(H,20,21). The van der Waals surface area contributed by atoms with Gasteiger partial charge in [0.05, 0.1) is 20.5 Å². The molecule has 0 fully saturated rings. The maximum Gasteiger partial charge on any atom is 0.339 e. The molecule has 0 aromatic heterocycles. The van der Waals surface area contributed by atoms with Gasteiger partial charge in [0.25, 0.3) is 0 Å². The molecule has 0 amide bonds. The molecule has 2 aromatic rings. The van der Waals surface area contributed by atoms with Crippen LogP contribution in [0, 0.1) is 0 Å². The van der Waals surface area contributed by atoms with E-state index in [1.807, 2.05) is 6.07 Å². The molecule has 2 rings (SSSR count). The van der Waals surface area contributed by atoms with Crippen molar-refractivity contribution in [3.8, 4) is 5.75 Å². The van der Waals surface area contributed by atoms with Crippen LogP contribution in [-0.2, 0) is 15.3 Å². The normalized spacial score (nSPS) is 11.0. The van der Waals surface area contributed by atoms with E-state index in [4.69, 9.17) is 9.47 Å². The van der Waals surface area contributed by atoms with E-state index >= 15 is 0 Å². The summed E-state index contributed by atoms with van der Waals surface area (Å²) in [6, 6.07) is 13.9. The number of aliphatic carboxylic acids is 1. The predicted octanol–water partition coefficient (Wildman–Crippen LogP) is 3.84. The van der Waals surface area contributed by atoms with E-state index in [-0.39, 0.29) is 10.7 Å². The minimum Gasteiger partial charge on any atom is -0.503 e. The third-order valence-corrected chi connectivity index (χ3v) is 4.41. The van der Waals surface area contributed by atoms with Crippen molar-refractivity contribution in [2.24, 2.45) is 0 Å². The number of hydrogen-bond acceptors (Lipinski definition) is 5. The Labute approximate surface area is 150 Å². The third-order valence-electron chi connectivity index (χ3n) is 3.46. The number of hydrogen-bond donors (Lipinski definition) is 1. The summed E-state index contributed by atoms with van der Waals surface area (Å²) in [5.41, 5.74) is 1.90. The average molecular weight is 358 g/mol. The summed E-state index contributed by atoms with van der Waals surface area (Å²) in [6.07, 6.45) is 1.19. The molecule has 0 atom stereocenters. The van der Waals surface area contributed by atoms with Crippen molar-refractivity contribution < 1.29 is 24.2 Å². The van der Waals surface area contributed by atoms with Crippen LogP contribution in [0.5, 0.6) is 5.75 Å². The quantitative estimate of drug-likeness (QED) is 0.599. The minimum absolute atomic E-state index is 0.0515. The van der Waals surface area contributed by atoms with Crippen molar-refractivity contribution in [3.63, 3.8) is 0 Å². The highest BCUT2D eigenvalue weighted by Crippen LogP contribution is 2.26. The number of rotatable bonds is 7. The number of carbonyl (C=O) groups is 2. The first-order chi connectivity index (χ1) is 12.1. The van der Waals surface area contributed by atoms with Gasteiger partial charge in [0, 0.05) is 11.3 Å². The van der Waals surface area contributed by atoms with Crippen LogP contribution in [0.2, 0.25) is 0 Å². The topological polar surface area (TPSA) is 72.8 Å². The number of thioether (sulfide) groups is 1. The van der Waals surface area contributed by atoms with E-state index in [1.54, 1.807) is 49.6 Å². The van der Waals surface area contributed by atoms with E-state index in [1.165, 1.54) is 13.4 Å². The van der Waals surface area contributed by atoms with Gasteiger partial charge in [-0.3, -0.25) is 4.79 Å². The molecule has 6 heteroatoms. The van der Waals surface area contributed by atoms with Crippen LogP contribution in [0.15, 0.2) is 54.8 Å². The Bertz CT molecular complexity index is 781. The molecular formula is C19H18O5S. The maximum atomic E-state index is 12.3. The molecule has 2 aromatic carbocycles. The first-order valence-electron chi connectivity index (χ1n) is 7.42. The zero-order valence-corrected chi connectivity index (χ0v) is 14.7. The fourth-order valence-corrected chi connectivity index (χ4v) is 3.05. The van der Waals surface area contributed by atoms with Crippen molar-refractivity contribution >= 4 is 28.4 Å². The highest BCUT2D eigenvalue weighted by Gasteiger charge is 2.16. The van der Waals surface area contributed by atoms with Crippen molar-refractivity contribution in [2.45, 2.75) is 5.75 Å².